The summed E-state index contributed by atoms with van der Waals surface area (Å²) in [5.41, 5.74) is 4.19. The summed E-state index contributed by atoms with van der Waals surface area (Å²) in [6, 6.07) is 11.4. The van der Waals surface area contributed by atoms with Gasteiger partial charge in [0, 0.05) is 0 Å². The molecule has 0 aliphatic heterocycles. The summed E-state index contributed by atoms with van der Waals surface area (Å²) in [5.74, 6) is 2.96. The average Bonchev–Trinajstić information content (AvgIpc) is 3.18. The van der Waals surface area contributed by atoms with Crippen molar-refractivity contribution in [2.45, 2.75) is 78.2 Å². The molecule has 158 valence electrons. The van der Waals surface area contributed by atoms with Crippen LogP contribution in [-0.4, -0.2) is 10.8 Å². The standard InChI is InChI=1S/C28H37NP/c1-26(2)18-27(3,4)25-14-23(13-24(25)26)30(22-8-6-5-7-9-22)29-28-15-19-10-20(16-28)12-21(11-19)17-28/h5-9,13-14,19-21,29H,10-12,15-18H2,1-4H3/q+1. The van der Waals surface area contributed by atoms with Crippen LogP contribution in [0.2, 0.25) is 0 Å². The first-order valence-corrected chi connectivity index (χ1v) is 13.5. The molecule has 0 aromatic heterocycles. The van der Waals surface area contributed by atoms with Crippen LogP contribution in [0.1, 0.15) is 72.6 Å². The van der Waals surface area contributed by atoms with Crippen molar-refractivity contribution in [3.05, 3.63) is 53.6 Å². The fourth-order valence-corrected chi connectivity index (χ4v) is 10.7. The van der Waals surface area contributed by atoms with E-state index < -0.39 is 7.70 Å². The Bertz CT molecular complexity index is 908. The lowest BCUT2D eigenvalue weighted by atomic mass is 9.53. The van der Waals surface area contributed by atoms with Gasteiger partial charge < -0.3 is 0 Å². The Morgan fingerprint density at radius 2 is 1.27 bits per heavy atom. The second-order valence-corrected chi connectivity index (χ2v) is 14.4. The molecular weight excluding hydrogens is 381 g/mol. The fourth-order valence-electron chi connectivity index (χ4n) is 8.38. The zero-order chi connectivity index (χ0) is 20.7. The Kier molecular flexibility index (Phi) is 4.18. The highest BCUT2D eigenvalue weighted by Crippen LogP contribution is 2.59. The maximum Gasteiger partial charge on any atom is 0.229 e. The topological polar surface area (TPSA) is 12.0 Å². The molecule has 1 nitrogen and oxygen atoms in total. The Morgan fingerprint density at radius 3 is 1.77 bits per heavy atom. The average molecular weight is 419 g/mol. The molecule has 0 amide bonds. The zero-order valence-electron chi connectivity index (χ0n) is 19.2. The Morgan fingerprint density at radius 1 is 0.767 bits per heavy atom. The van der Waals surface area contributed by atoms with Gasteiger partial charge in [-0.2, -0.15) is 0 Å². The van der Waals surface area contributed by atoms with Crippen LogP contribution in [0.25, 0.3) is 0 Å². The van der Waals surface area contributed by atoms with Crippen molar-refractivity contribution in [3.8, 4) is 0 Å². The summed E-state index contributed by atoms with van der Waals surface area (Å²) in [4.78, 5) is 0. The van der Waals surface area contributed by atoms with Gasteiger partial charge in [0.05, 0.1) is 5.54 Å². The van der Waals surface area contributed by atoms with E-state index in [9.17, 15) is 0 Å². The third-order valence-electron chi connectivity index (χ3n) is 8.88. The lowest BCUT2D eigenvalue weighted by Gasteiger charge is -2.55. The predicted molar refractivity (Wildman–Crippen MR) is 130 cm³/mol. The van der Waals surface area contributed by atoms with Crippen molar-refractivity contribution in [2.24, 2.45) is 28.6 Å². The third kappa shape index (κ3) is 3.03. The smallest absolute Gasteiger partial charge is 0.133 e. The van der Waals surface area contributed by atoms with Crippen LogP contribution in [0.3, 0.4) is 0 Å². The summed E-state index contributed by atoms with van der Waals surface area (Å²) in [7, 11) is -0.512. The van der Waals surface area contributed by atoms with Crippen LogP contribution in [0.5, 0.6) is 0 Å². The van der Waals surface area contributed by atoms with Crippen molar-refractivity contribution in [3.63, 3.8) is 0 Å². The summed E-state index contributed by atoms with van der Waals surface area (Å²) in [6.45, 7) is 9.78. The second-order valence-electron chi connectivity index (χ2n) is 12.5. The second kappa shape index (κ2) is 6.43. The number of fused-ring (bicyclic) bond motifs is 1. The lowest BCUT2D eigenvalue weighted by molar-refractivity contribution is -0.00729. The van der Waals surface area contributed by atoms with E-state index in [4.69, 9.17) is 0 Å². The molecule has 1 aromatic rings. The van der Waals surface area contributed by atoms with E-state index in [0.717, 1.165) is 17.8 Å². The molecular formula is C28H37NP+. The highest BCUT2D eigenvalue weighted by Gasteiger charge is 2.54. The summed E-state index contributed by atoms with van der Waals surface area (Å²) in [5, 5.41) is 7.47. The van der Waals surface area contributed by atoms with E-state index >= 15 is 0 Å². The minimum Gasteiger partial charge on any atom is -0.133 e. The van der Waals surface area contributed by atoms with E-state index in [-0.39, 0.29) is 10.8 Å². The largest absolute Gasteiger partial charge is 0.229 e. The number of rotatable bonds is 3. The van der Waals surface area contributed by atoms with Gasteiger partial charge >= 0.3 is 0 Å². The molecule has 1 unspecified atom stereocenters. The molecule has 30 heavy (non-hydrogen) atoms. The molecule has 1 aromatic carbocycles. The SMILES string of the molecule is CC1(C)CC(C)(C)C2=CC(=[P+](NC34CC5CC(CC(C5)C3)C4)c3ccccc3)C=C21. The molecule has 5 fully saturated rings. The minimum absolute atomic E-state index is 0.287. The predicted octanol–water partition coefficient (Wildman–Crippen LogP) is 6.76. The van der Waals surface area contributed by atoms with E-state index in [0.29, 0.717) is 5.54 Å². The zero-order valence-corrected chi connectivity index (χ0v) is 20.1. The number of benzene rings is 1. The van der Waals surface area contributed by atoms with Crippen molar-refractivity contribution in [1.29, 1.82) is 0 Å². The molecule has 4 bridgehead atoms. The van der Waals surface area contributed by atoms with Crippen LogP contribution < -0.4 is 10.4 Å². The van der Waals surface area contributed by atoms with Crippen molar-refractivity contribution in [2.75, 3.05) is 0 Å². The minimum atomic E-state index is -0.512. The normalized spacial score (nSPS) is 37.8. The summed E-state index contributed by atoms with van der Waals surface area (Å²) >= 11 is 0. The third-order valence-corrected chi connectivity index (χ3v) is 11.2. The first-order valence-electron chi connectivity index (χ1n) is 12.2. The maximum absolute atomic E-state index is 4.40. The van der Waals surface area contributed by atoms with Crippen LogP contribution in [0.4, 0.5) is 0 Å². The van der Waals surface area contributed by atoms with Gasteiger partial charge in [-0.3, -0.25) is 0 Å². The van der Waals surface area contributed by atoms with Crippen LogP contribution >= 0.6 is 7.70 Å². The van der Waals surface area contributed by atoms with Crippen molar-refractivity contribution >= 4 is 18.3 Å². The van der Waals surface area contributed by atoms with Crippen LogP contribution in [0, 0.1) is 28.6 Å². The Hall–Kier alpha value is -1.17. The number of hydrogen-bond donors (Lipinski definition) is 1. The van der Waals surface area contributed by atoms with Gasteiger partial charge in [-0.15, -0.1) is 5.09 Å². The van der Waals surface area contributed by atoms with Gasteiger partial charge in [-0.05, 0) is 109 Å². The molecule has 7 rings (SSSR count). The van der Waals surface area contributed by atoms with E-state index in [1.165, 1.54) is 50.3 Å². The van der Waals surface area contributed by atoms with Crippen molar-refractivity contribution < 1.29 is 0 Å². The Labute approximate surface area is 183 Å². The fraction of sp³-hybridized carbons (Fsp3) is 0.607. The van der Waals surface area contributed by atoms with Crippen LogP contribution in [0.15, 0.2) is 53.6 Å². The lowest BCUT2D eigenvalue weighted by Crippen LogP contribution is -2.57. The molecule has 1 atom stereocenters. The number of nitrogens with one attached hydrogen (secondary N) is 1. The molecule has 6 aliphatic rings. The molecule has 6 aliphatic carbocycles. The summed E-state index contributed by atoms with van der Waals surface area (Å²) in [6.07, 6.45) is 15.2. The quantitative estimate of drug-likeness (QED) is 0.535. The Balaban J connectivity index is 1.46. The van der Waals surface area contributed by atoms with E-state index in [1.54, 1.807) is 16.4 Å². The monoisotopic (exact) mass is 418 g/mol. The van der Waals surface area contributed by atoms with Gasteiger partial charge in [0.25, 0.3) is 0 Å². The molecule has 0 saturated heterocycles. The maximum atomic E-state index is 4.40. The molecule has 0 radical (unpaired) electrons. The molecule has 0 spiro atoms. The van der Waals surface area contributed by atoms with Gasteiger partial charge in [-0.1, -0.05) is 45.9 Å². The first kappa shape index (κ1) is 19.5. The highest BCUT2D eigenvalue weighted by molar-refractivity contribution is 7.65. The number of allylic oxidation sites excluding steroid dienone is 4. The van der Waals surface area contributed by atoms with E-state index in [1.807, 2.05) is 0 Å². The van der Waals surface area contributed by atoms with Gasteiger partial charge in [0.2, 0.25) is 7.70 Å². The first-order chi connectivity index (χ1) is 14.2. The molecule has 2 heteroatoms. The molecule has 5 saturated carbocycles. The van der Waals surface area contributed by atoms with Crippen molar-refractivity contribution in [1.82, 2.24) is 5.09 Å². The molecule has 0 heterocycles. The van der Waals surface area contributed by atoms with E-state index in [2.05, 4.69) is 75.3 Å². The van der Waals surface area contributed by atoms with Gasteiger partial charge in [0.15, 0.2) is 10.6 Å². The van der Waals surface area contributed by atoms with Gasteiger partial charge in [-0.25, -0.2) is 0 Å². The highest BCUT2D eigenvalue weighted by atomic mass is 31.1. The number of hydrogen-bond acceptors (Lipinski definition) is 1. The van der Waals surface area contributed by atoms with Gasteiger partial charge in [0.1, 0.15) is 0 Å². The van der Waals surface area contributed by atoms with Crippen LogP contribution in [-0.2, 0) is 0 Å². The molecule has 1 N–H and O–H groups in total. The summed E-state index contributed by atoms with van der Waals surface area (Å²) < 4.78 is 0.